The summed E-state index contributed by atoms with van der Waals surface area (Å²) in [7, 11) is 0. The number of rotatable bonds is 5. The molecule has 4 heterocycles. The van der Waals surface area contributed by atoms with Gasteiger partial charge in [-0.15, -0.1) is 11.3 Å². The van der Waals surface area contributed by atoms with Crippen LogP contribution in [0.3, 0.4) is 0 Å². The number of carbonyl (C=O) groups is 2. The van der Waals surface area contributed by atoms with E-state index in [2.05, 4.69) is 15.6 Å². The van der Waals surface area contributed by atoms with Crippen molar-refractivity contribution in [3.63, 3.8) is 0 Å². The minimum atomic E-state index is -1.09. The SMILES string of the molecule is Cc1cc(Cl)cc(-c2ccnc3cc(CN4C(=O)CCNC4=O)sc23)c1O[C@@H]1CNC[C@@H]1F. The molecule has 0 aliphatic carbocycles. The highest BCUT2D eigenvalue weighted by atomic mass is 35.5. The first-order valence-electron chi connectivity index (χ1n) is 10.7. The molecule has 2 aliphatic heterocycles. The molecular weight excluding hydrogens is 467 g/mol. The van der Waals surface area contributed by atoms with E-state index in [1.165, 1.54) is 16.2 Å². The van der Waals surface area contributed by atoms with Crippen LogP contribution in [0.1, 0.15) is 16.9 Å². The molecule has 2 fully saturated rings. The van der Waals surface area contributed by atoms with Crippen LogP contribution in [-0.4, -0.2) is 53.7 Å². The zero-order valence-electron chi connectivity index (χ0n) is 17.9. The predicted octanol–water partition coefficient (Wildman–Crippen LogP) is 4.06. The third-order valence-corrected chi connectivity index (χ3v) is 7.19. The Bertz CT molecular complexity index is 1230. The number of aryl methyl sites for hydroxylation is 1. The zero-order chi connectivity index (χ0) is 23.1. The number of amides is 3. The number of nitrogens with one attached hydrogen (secondary N) is 2. The molecule has 0 bridgehead atoms. The Hall–Kier alpha value is -2.75. The number of hydrogen-bond donors (Lipinski definition) is 2. The van der Waals surface area contributed by atoms with Gasteiger partial charge in [0, 0.05) is 53.3 Å². The fraction of sp³-hybridized carbons (Fsp3) is 0.348. The number of alkyl halides is 1. The van der Waals surface area contributed by atoms with Crippen LogP contribution in [0.2, 0.25) is 5.02 Å². The zero-order valence-corrected chi connectivity index (χ0v) is 19.4. The topological polar surface area (TPSA) is 83.6 Å². The monoisotopic (exact) mass is 488 g/mol. The molecule has 2 aromatic heterocycles. The van der Waals surface area contributed by atoms with Gasteiger partial charge in [-0.05, 0) is 36.8 Å². The molecule has 2 N–H and O–H groups in total. The van der Waals surface area contributed by atoms with Gasteiger partial charge in [0.1, 0.15) is 11.9 Å². The van der Waals surface area contributed by atoms with Crippen molar-refractivity contribution in [2.75, 3.05) is 19.6 Å². The average Bonchev–Trinajstić information content (AvgIpc) is 3.38. The van der Waals surface area contributed by atoms with E-state index in [0.717, 1.165) is 31.8 Å². The first-order valence-corrected chi connectivity index (χ1v) is 11.9. The summed E-state index contributed by atoms with van der Waals surface area (Å²) >= 11 is 7.85. The van der Waals surface area contributed by atoms with Crippen LogP contribution in [0.4, 0.5) is 9.18 Å². The number of urea groups is 1. The number of pyridine rings is 1. The standard InChI is InChI=1S/C23H22ClFN4O3S/c1-12-6-13(24)7-16(21(12)32-19-10-26-9-17(19)25)15-2-4-27-18-8-14(33-22(15)18)11-29-20(30)3-5-28-23(29)31/h2,4,6-8,17,19,26H,3,5,9-11H2,1H3,(H,28,31)/t17-,19+/m0/s1. The Morgan fingerprint density at radius 2 is 2.12 bits per heavy atom. The van der Waals surface area contributed by atoms with Crippen molar-refractivity contribution in [3.8, 4) is 16.9 Å². The van der Waals surface area contributed by atoms with Crippen LogP contribution in [0.5, 0.6) is 5.75 Å². The summed E-state index contributed by atoms with van der Waals surface area (Å²) in [6, 6.07) is 6.99. The lowest BCUT2D eigenvalue weighted by molar-refractivity contribution is -0.129. The van der Waals surface area contributed by atoms with Crippen LogP contribution < -0.4 is 15.4 Å². The van der Waals surface area contributed by atoms with Gasteiger partial charge in [-0.1, -0.05) is 11.6 Å². The van der Waals surface area contributed by atoms with E-state index in [-0.39, 0.29) is 31.4 Å². The minimum Gasteiger partial charge on any atom is -0.485 e. The quantitative estimate of drug-likeness (QED) is 0.566. The first-order chi connectivity index (χ1) is 15.9. The molecule has 2 aliphatic rings. The lowest BCUT2D eigenvalue weighted by Gasteiger charge is -2.24. The summed E-state index contributed by atoms with van der Waals surface area (Å²) in [6.07, 6.45) is 0.311. The third-order valence-electron chi connectivity index (χ3n) is 5.83. The maximum Gasteiger partial charge on any atom is 0.324 e. The van der Waals surface area contributed by atoms with Crippen molar-refractivity contribution >= 4 is 45.1 Å². The van der Waals surface area contributed by atoms with Crippen LogP contribution >= 0.6 is 22.9 Å². The van der Waals surface area contributed by atoms with Gasteiger partial charge in [0.05, 0.1) is 16.8 Å². The highest BCUT2D eigenvalue weighted by Crippen LogP contribution is 2.42. The molecule has 33 heavy (non-hydrogen) atoms. The molecule has 2 saturated heterocycles. The summed E-state index contributed by atoms with van der Waals surface area (Å²) < 4.78 is 21.3. The number of benzene rings is 1. The summed E-state index contributed by atoms with van der Waals surface area (Å²) in [5.74, 6) is 0.389. The Kier molecular flexibility index (Phi) is 5.94. The van der Waals surface area contributed by atoms with Crippen molar-refractivity contribution in [2.45, 2.75) is 32.2 Å². The van der Waals surface area contributed by atoms with E-state index < -0.39 is 12.3 Å². The van der Waals surface area contributed by atoms with Gasteiger partial charge in [-0.2, -0.15) is 0 Å². The molecule has 0 unspecified atom stereocenters. The number of ether oxygens (including phenoxy) is 1. The van der Waals surface area contributed by atoms with Gasteiger partial charge in [0.2, 0.25) is 5.91 Å². The molecule has 172 valence electrons. The normalized spacial score (nSPS) is 21.0. The van der Waals surface area contributed by atoms with E-state index in [9.17, 15) is 14.0 Å². The first kappa shape index (κ1) is 22.1. The molecule has 2 atom stereocenters. The maximum absolute atomic E-state index is 14.3. The molecule has 1 aromatic carbocycles. The second kappa shape index (κ2) is 8.89. The largest absolute Gasteiger partial charge is 0.485 e. The molecule has 3 amide bonds. The van der Waals surface area contributed by atoms with Crippen molar-refractivity contribution in [2.24, 2.45) is 0 Å². The maximum atomic E-state index is 14.3. The number of hydrogen-bond acceptors (Lipinski definition) is 6. The van der Waals surface area contributed by atoms with Crippen LogP contribution in [-0.2, 0) is 11.3 Å². The van der Waals surface area contributed by atoms with Crippen molar-refractivity contribution in [1.29, 1.82) is 0 Å². The lowest BCUT2D eigenvalue weighted by atomic mass is 10.0. The van der Waals surface area contributed by atoms with Crippen molar-refractivity contribution < 1.29 is 18.7 Å². The number of imide groups is 1. The number of carbonyl (C=O) groups excluding carboxylic acids is 2. The molecular formula is C23H22ClFN4O3S. The Balaban J connectivity index is 1.55. The van der Waals surface area contributed by atoms with Gasteiger partial charge >= 0.3 is 6.03 Å². The van der Waals surface area contributed by atoms with Crippen molar-refractivity contribution in [3.05, 3.63) is 45.9 Å². The van der Waals surface area contributed by atoms with Gasteiger partial charge in [-0.25, -0.2) is 9.18 Å². The molecule has 3 aromatic rings. The fourth-order valence-corrected chi connectivity index (χ4v) is 5.59. The smallest absolute Gasteiger partial charge is 0.324 e. The second-order valence-electron chi connectivity index (χ2n) is 8.18. The summed E-state index contributed by atoms with van der Waals surface area (Å²) in [6.45, 7) is 3.13. The van der Waals surface area contributed by atoms with Crippen LogP contribution in [0.15, 0.2) is 30.5 Å². The molecule has 5 rings (SSSR count). The summed E-state index contributed by atoms with van der Waals surface area (Å²) in [4.78, 5) is 30.9. The Morgan fingerprint density at radius 1 is 1.27 bits per heavy atom. The van der Waals surface area contributed by atoms with E-state index in [1.807, 2.05) is 25.1 Å². The van der Waals surface area contributed by atoms with Gasteiger partial charge in [-0.3, -0.25) is 14.7 Å². The number of thiophene rings is 1. The number of halogens is 2. The Morgan fingerprint density at radius 3 is 2.88 bits per heavy atom. The van der Waals surface area contributed by atoms with E-state index >= 15 is 0 Å². The molecule has 0 radical (unpaired) electrons. The van der Waals surface area contributed by atoms with Gasteiger partial charge < -0.3 is 15.4 Å². The number of fused-ring (bicyclic) bond motifs is 1. The third kappa shape index (κ3) is 4.28. The molecule has 7 nitrogen and oxygen atoms in total. The fourth-order valence-electron chi connectivity index (χ4n) is 4.19. The lowest BCUT2D eigenvalue weighted by Crippen LogP contribution is -2.49. The summed E-state index contributed by atoms with van der Waals surface area (Å²) in [5, 5.41) is 6.26. The van der Waals surface area contributed by atoms with Gasteiger partial charge in [0.25, 0.3) is 0 Å². The predicted molar refractivity (Wildman–Crippen MR) is 126 cm³/mol. The van der Waals surface area contributed by atoms with E-state index in [1.54, 1.807) is 12.3 Å². The minimum absolute atomic E-state index is 0.181. The number of nitrogens with zero attached hydrogens (tertiary/aromatic N) is 2. The van der Waals surface area contributed by atoms with Crippen LogP contribution in [0, 0.1) is 6.92 Å². The highest BCUT2D eigenvalue weighted by molar-refractivity contribution is 7.19. The van der Waals surface area contributed by atoms with Gasteiger partial charge in [0.15, 0.2) is 6.17 Å². The Labute approximate surface area is 198 Å². The molecule has 0 spiro atoms. The highest BCUT2D eigenvalue weighted by Gasteiger charge is 2.30. The van der Waals surface area contributed by atoms with Crippen LogP contribution in [0.25, 0.3) is 21.3 Å². The number of aromatic nitrogens is 1. The molecule has 0 saturated carbocycles. The summed E-state index contributed by atoms with van der Waals surface area (Å²) in [5.41, 5.74) is 3.17. The van der Waals surface area contributed by atoms with E-state index in [0.29, 0.717) is 23.9 Å². The second-order valence-corrected chi connectivity index (χ2v) is 9.75. The molecule has 10 heteroatoms. The van der Waals surface area contributed by atoms with Crippen molar-refractivity contribution in [1.82, 2.24) is 20.5 Å². The average molecular weight is 489 g/mol. The van der Waals surface area contributed by atoms with E-state index in [4.69, 9.17) is 16.3 Å².